The molecule has 2 heterocycles. The monoisotopic (exact) mass is 920 g/mol. The Hall–Kier alpha value is -7.64. The lowest BCUT2D eigenvalue weighted by atomic mass is 9.70. The van der Waals surface area contributed by atoms with Gasteiger partial charge in [0.05, 0.1) is 10.4 Å². The van der Waals surface area contributed by atoms with Crippen LogP contribution in [0.5, 0.6) is 0 Å². The number of rotatable bonds is 19. The maximum atomic E-state index is 4.91. The minimum absolute atomic E-state index is 0.0978. The summed E-state index contributed by atoms with van der Waals surface area (Å²) in [5, 5.41) is 9.82. The van der Waals surface area contributed by atoms with Crippen LogP contribution in [0.2, 0.25) is 0 Å². The lowest BCUT2D eigenvalue weighted by Crippen LogP contribution is -2.33. The Bertz CT molecular complexity index is 3050. The zero-order valence-corrected chi connectivity index (χ0v) is 41.3. The van der Waals surface area contributed by atoms with Crippen LogP contribution in [0.15, 0.2) is 188 Å². The van der Waals surface area contributed by atoms with Crippen molar-refractivity contribution in [2.24, 2.45) is 14.1 Å². The second-order valence-corrected chi connectivity index (χ2v) is 19.0. The van der Waals surface area contributed by atoms with E-state index in [0.29, 0.717) is 0 Å². The van der Waals surface area contributed by atoms with E-state index in [9.17, 15) is 0 Å². The second kappa shape index (κ2) is 20.9. The Morgan fingerprint density at radius 3 is 1.41 bits per heavy atom. The van der Waals surface area contributed by atoms with Gasteiger partial charge >= 0.3 is 0 Å². The van der Waals surface area contributed by atoms with Gasteiger partial charge in [0, 0.05) is 33.6 Å². The minimum Gasteiger partial charge on any atom is -0.310 e. The molecule has 0 bridgehead atoms. The van der Waals surface area contributed by atoms with Crippen molar-refractivity contribution in [3.05, 3.63) is 211 Å². The molecule has 0 aliphatic heterocycles. The Kier molecular flexibility index (Phi) is 13.8. The fourth-order valence-corrected chi connectivity index (χ4v) is 10.7. The van der Waals surface area contributed by atoms with E-state index in [2.05, 4.69) is 183 Å². The average molecular weight is 920 g/mol. The maximum Gasteiger partial charge on any atom is 0.198 e. The van der Waals surface area contributed by atoms with E-state index in [4.69, 9.17) is 10.4 Å². The quantitative estimate of drug-likeness (QED) is 0.0461. The molecule has 0 spiro atoms. The summed E-state index contributed by atoms with van der Waals surface area (Å²) < 4.78 is 7.84. The molecule has 0 N–H and O–H groups in total. The van der Waals surface area contributed by atoms with E-state index in [0.717, 1.165) is 63.7 Å². The minimum atomic E-state index is -0.0978. The van der Waals surface area contributed by atoms with Crippen LogP contribution in [0.3, 0.4) is 0 Å². The molecule has 10 rings (SSSR count). The number of aryl methyl sites for hydroxylation is 2. The fourth-order valence-electron chi connectivity index (χ4n) is 10.7. The molecule has 0 atom stereocenters. The molecule has 7 heteroatoms. The molecule has 0 amide bonds. The maximum absolute atomic E-state index is 4.91. The number of nitrogens with zero attached hydrogens (tertiary/aromatic N) is 7. The van der Waals surface area contributed by atoms with Gasteiger partial charge in [-0.2, -0.15) is 0 Å². The number of anilines is 3. The number of unbranched alkanes of at least 4 members (excludes halogenated alkanes) is 6. The van der Waals surface area contributed by atoms with Crippen LogP contribution < -0.4 is 14.3 Å². The highest BCUT2D eigenvalue weighted by molar-refractivity contribution is 5.87. The van der Waals surface area contributed by atoms with E-state index in [1.54, 1.807) is 0 Å². The molecular formula is C63H65N7+2. The van der Waals surface area contributed by atoms with Crippen molar-refractivity contribution in [3.63, 3.8) is 0 Å². The first kappa shape index (κ1) is 46.1. The third kappa shape index (κ3) is 9.53. The van der Waals surface area contributed by atoms with Crippen molar-refractivity contribution >= 4 is 29.2 Å². The molecule has 0 radical (unpaired) electrons. The normalized spacial score (nSPS) is 12.6. The van der Waals surface area contributed by atoms with E-state index in [1.165, 1.54) is 84.9 Å². The van der Waals surface area contributed by atoms with Crippen molar-refractivity contribution in [1.82, 2.24) is 19.8 Å². The van der Waals surface area contributed by atoms with Gasteiger partial charge in [0.2, 0.25) is 0 Å². The van der Waals surface area contributed by atoms with Gasteiger partial charge in [-0.05, 0) is 125 Å². The molecule has 7 aromatic carbocycles. The molecule has 0 saturated heterocycles. The lowest BCUT2D eigenvalue weighted by molar-refractivity contribution is -0.721. The van der Waals surface area contributed by atoms with Gasteiger partial charge in [0.1, 0.15) is 14.1 Å². The van der Waals surface area contributed by atoms with Crippen LogP contribution in [-0.2, 0) is 19.5 Å². The van der Waals surface area contributed by atoms with E-state index >= 15 is 0 Å². The molecule has 1 aliphatic carbocycles. The summed E-state index contributed by atoms with van der Waals surface area (Å²) in [7, 11) is 4.04. The average Bonchev–Trinajstić information content (AvgIpc) is 4.08. The van der Waals surface area contributed by atoms with Crippen molar-refractivity contribution in [2.45, 2.75) is 83.5 Å². The summed E-state index contributed by atoms with van der Waals surface area (Å²) in [6.07, 6.45) is 21.0. The van der Waals surface area contributed by atoms with E-state index in [1.807, 2.05) is 69.2 Å². The Balaban J connectivity index is 1.08. The Labute approximate surface area is 414 Å². The fraction of sp³-hybridized carbons (Fsp3) is 0.238. The Morgan fingerprint density at radius 1 is 0.457 bits per heavy atom. The van der Waals surface area contributed by atoms with Crippen LogP contribution in [0.1, 0.15) is 100 Å². The van der Waals surface area contributed by atoms with E-state index < -0.39 is 0 Å². The Morgan fingerprint density at radius 2 is 0.914 bits per heavy atom. The van der Waals surface area contributed by atoms with E-state index in [-0.39, 0.29) is 5.41 Å². The molecule has 7 nitrogen and oxygen atoms in total. The smallest absolute Gasteiger partial charge is 0.198 e. The molecule has 0 saturated carbocycles. The molecular weight excluding hydrogens is 855 g/mol. The topological polar surface area (TPSA) is 46.6 Å². The molecule has 0 unspecified atom stereocenters. The van der Waals surface area contributed by atoms with Gasteiger partial charge in [-0.3, -0.25) is 0 Å². The number of hydrogen-bond acceptors (Lipinski definition) is 3. The van der Waals surface area contributed by atoms with Crippen LogP contribution in [0, 0.1) is 0 Å². The zero-order chi connectivity index (χ0) is 47.9. The predicted molar refractivity (Wildman–Crippen MR) is 288 cm³/mol. The standard InChI is InChI=1S/C63H65N7/c1-5-7-9-23-39-63(40-24-10-8-6-2)59-43-48(35-37-57(59)58-38-36-56(45-60(58)63)70(54-29-19-13-20-30-54)55-31-21-14-22-32-55)33-34-49-41-50(61-46-68(64-66(61)3)52-25-15-11-16-26-52)44-51(42-49)62-47-69(65-67(62)4)53-27-17-12-18-28-53/h11-22,25-38,41-47H,5-10,23-24,39-40H2,1-4H3/q+2/b34-33+. The van der Waals surface area contributed by atoms with Crippen LogP contribution in [-0.4, -0.2) is 19.8 Å². The van der Waals surface area contributed by atoms with Crippen molar-refractivity contribution in [1.29, 1.82) is 0 Å². The first-order valence-electron chi connectivity index (χ1n) is 25.5. The van der Waals surface area contributed by atoms with Gasteiger partial charge in [-0.15, -0.1) is 18.7 Å². The van der Waals surface area contributed by atoms with Gasteiger partial charge in [-0.25, -0.2) is 0 Å². The highest BCUT2D eigenvalue weighted by Crippen LogP contribution is 2.56. The third-order valence-electron chi connectivity index (χ3n) is 14.3. The van der Waals surface area contributed by atoms with Gasteiger partial charge in [0.15, 0.2) is 35.2 Å². The van der Waals surface area contributed by atoms with Crippen LogP contribution >= 0.6 is 0 Å². The van der Waals surface area contributed by atoms with Crippen LogP contribution in [0.25, 0.3) is 57.2 Å². The SMILES string of the molecule is CCCCCCC1(CCCCCC)c2cc(/C=C/c3cc(-c4cn(-c5ccccc5)n[n+]4C)cc(-c4cn(-c5ccccc5)n[n+]4C)c3)ccc2-c2ccc(N(c3ccccc3)c3ccccc3)cc21. The number of aromatic nitrogens is 6. The highest BCUT2D eigenvalue weighted by atomic mass is 15.5. The summed E-state index contributed by atoms with van der Waals surface area (Å²) in [6, 6.07) is 63.7. The summed E-state index contributed by atoms with van der Waals surface area (Å²) >= 11 is 0. The van der Waals surface area contributed by atoms with Gasteiger partial charge < -0.3 is 4.90 Å². The van der Waals surface area contributed by atoms with Gasteiger partial charge in [-0.1, -0.05) is 174 Å². The highest BCUT2D eigenvalue weighted by Gasteiger charge is 2.43. The zero-order valence-electron chi connectivity index (χ0n) is 41.3. The molecule has 2 aromatic heterocycles. The summed E-state index contributed by atoms with van der Waals surface area (Å²) in [5.41, 5.74) is 17.7. The molecule has 1 aliphatic rings. The summed E-state index contributed by atoms with van der Waals surface area (Å²) in [4.78, 5) is 2.43. The van der Waals surface area contributed by atoms with Crippen molar-refractivity contribution < 1.29 is 9.36 Å². The third-order valence-corrected chi connectivity index (χ3v) is 14.3. The summed E-state index contributed by atoms with van der Waals surface area (Å²) in [5.74, 6) is 0. The molecule has 9 aromatic rings. The van der Waals surface area contributed by atoms with Gasteiger partial charge in [0.25, 0.3) is 0 Å². The molecule has 70 heavy (non-hydrogen) atoms. The van der Waals surface area contributed by atoms with Crippen LogP contribution in [0.4, 0.5) is 17.1 Å². The first-order valence-corrected chi connectivity index (χ1v) is 25.5. The second-order valence-electron chi connectivity index (χ2n) is 19.0. The lowest BCUT2D eigenvalue weighted by Gasteiger charge is -2.34. The first-order chi connectivity index (χ1) is 34.4. The molecule has 350 valence electrons. The summed E-state index contributed by atoms with van der Waals surface area (Å²) in [6.45, 7) is 4.64. The predicted octanol–water partition coefficient (Wildman–Crippen LogP) is 14.9. The van der Waals surface area contributed by atoms with Crippen molar-refractivity contribution in [2.75, 3.05) is 4.90 Å². The number of para-hydroxylation sites is 4. The number of benzene rings is 7. The number of fused-ring (bicyclic) bond motifs is 3. The molecule has 0 fully saturated rings. The van der Waals surface area contributed by atoms with Crippen molar-refractivity contribution in [3.8, 4) is 45.0 Å². The largest absolute Gasteiger partial charge is 0.310 e. The number of hydrogen-bond donors (Lipinski definition) is 0.